The highest BCUT2D eigenvalue weighted by Gasteiger charge is 2.09. The number of carboxylic acid groups (broad SMARTS) is 1. The van der Waals surface area contributed by atoms with Gasteiger partial charge in [-0.25, -0.2) is 4.79 Å². The van der Waals surface area contributed by atoms with Gasteiger partial charge >= 0.3 is 5.97 Å². The van der Waals surface area contributed by atoms with Gasteiger partial charge in [-0.3, -0.25) is 10.2 Å². The van der Waals surface area contributed by atoms with Crippen LogP contribution in [0.1, 0.15) is 10.5 Å². The van der Waals surface area contributed by atoms with Crippen LogP contribution in [-0.2, 0) is 0 Å². The van der Waals surface area contributed by atoms with E-state index in [1.807, 2.05) is 0 Å². The van der Waals surface area contributed by atoms with Crippen molar-refractivity contribution in [2.75, 3.05) is 0 Å². The topological polar surface area (TPSA) is 94.7 Å². The number of hydrogen-bond acceptors (Lipinski definition) is 3. The molecule has 0 aliphatic carbocycles. The molecule has 0 aliphatic rings. The molecule has 0 aliphatic heterocycles. The van der Waals surface area contributed by atoms with E-state index in [0.29, 0.717) is 11.4 Å². The number of nitrogens with zero attached hydrogens (tertiary/aromatic N) is 2. The molecule has 2 aromatic heterocycles. The molecule has 6 nitrogen and oxygen atoms in total. The predicted molar refractivity (Wildman–Crippen MR) is 43.1 cm³/mol. The van der Waals surface area contributed by atoms with E-state index in [1.54, 1.807) is 12.3 Å². The van der Waals surface area contributed by atoms with E-state index in [0.717, 1.165) is 0 Å². The summed E-state index contributed by atoms with van der Waals surface area (Å²) in [5.74, 6) is -1.03. The van der Waals surface area contributed by atoms with Gasteiger partial charge < -0.3 is 5.11 Å². The van der Waals surface area contributed by atoms with Gasteiger partial charge in [0.05, 0.1) is 0 Å². The Hall–Kier alpha value is -2.11. The molecule has 0 spiro atoms. The lowest BCUT2D eigenvalue weighted by Crippen LogP contribution is -1.95. The molecule has 0 saturated carbocycles. The molecule has 0 radical (unpaired) electrons. The van der Waals surface area contributed by atoms with Crippen LogP contribution in [0.4, 0.5) is 0 Å². The molecule has 0 saturated heterocycles. The number of H-pyrrole nitrogens is 2. The Labute approximate surface area is 72.6 Å². The third-order valence-electron chi connectivity index (χ3n) is 1.57. The van der Waals surface area contributed by atoms with Gasteiger partial charge in [0, 0.05) is 12.3 Å². The van der Waals surface area contributed by atoms with E-state index in [2.05, 4.69) is 20.4 Å². The molecule has 0 bridgehead atoms. The van der Waals surface area contributed by atoms with Crippen LogP contribution in [0.3, 0.4) is 0 Å². The van der Waals surface area contributed by atoms with Crippen LogP contribution in [0.5, 0.6) is 0 Å². The lowest BCUT2D eigenvalue weighted by molar-refractivity contribution is 0.0690. The third-order valence-corrected chi connectivity index (χ3v) is 1.57. The van der Waals surface area contributed by atoms with E-state index < -0.39 is 5.97 Å². The van der Waals surface area contributed by atoms with Crippen molar-refractivity contribution in [3.8, 4) is 11.4 Å². The summed E-state index contributed by atoms with van der Waals surface area (Å²) in [6.45, 7) is 0. The number of aromatic carboxylic acids is 1. The summed E-state index contributed by atoms with van der Waals surface area (Å²) >= 11 is 0. The normalized spacial score (nSPS) is 10.2. The maximum atomic E-state index is 10.5. The second-order valence-corrected chi connectivity index (χ2v) is 2.43. The molecule has 2 aromatic rings. The Balaban J connectivity index is 2.39. The van der Waals surface area contributed by atoms with E-state index in [-0.39, 0.29) is 5.69 Å². The number of nitrogens with one attached hydrogen (secondary N) is 2. The summed E-state index contributed by atoms with van der Waals surface area (Å²) < 4.78 is 0. The maximum Gasteiger partial charge on any atom is 0.353 e. The van der Waals surface area contributed by atoms with E-state index in [4.69, 9.17) is 5.11 Å². The van der Waals surface area contributed by atoms with Crippen molar-refractivity contribution in [1.29, 1.82) is 0 Å². The zero-order valence-corrected chi connectivity index (χ0v) is 6.48. The highest BCUT2D eigenvalue weighted by Crippen LogP contribution is 2.13. The first-order chi connectivity index (χ1) is 6.27. The van der Waals surface area contributed by atoms with Gasteiger partial charge in [0.2, 0.25) is 0 Å². The Morgan fingerprint density at radius 1 is 1.38 bits per heavy atom. The SMILES string of the molecule is O=C(O)c1cc(-c2cc[nH]n2)n[nH]1. The summed E-state index contributed by atoms with van der Waals surface area (Å²) in [6.07, 6.45) is 1.64. The van der Waals surface area contributed by atoms with Gasteiger partial charge in [0.15, 0.2) is 0 Å². The Morgan fingerprint density at radius 3 is 2.77 bits per heavy atom. The minimum atomic E-state index is -1.03. The number of carboxylic acids is 1. The summed E-state index contributed by atoms with van der Waals surface area (Å²) in [5.41, 5.74) is 1.18. The van der Waals surface area contributed by atoms with Crippen molar-refractivity contribution in [2.24, 2.45) is 0 Å². The molecule has 0 fully saturated rings. The highest BCUT2D eigenvalue weighted by atomic mass is 16.4. The average molecular weight is 178 g/mol. The number of aromatic amines is 2. The molecular weight excluding hydrogens is 172 g/mol. The summed E-state index contributed by atoms with van der Waals surface area (Å²) in [4.78, 5) is 10.5. The molecule has 13 heavy (non-hydrogen) atoms. The van der Waals surface area contributed by atoms with E-state index >= 15 is 0 Å². The number of carbonyl (C=O) groups is 1. The third kappa shape index (κ3) is 1.28. The molecule has 0 unspecified atom stereocenters. The fourth-order valence-electron chi connectivity index (χ4n) is 0.965. The Bertz CT molecular complexity index is 417. The molecule has 0 amide bonds. The molecule has 3 N–H and O–H groups in total. The smallest absolute Gasteiger partial charge is 0.353 e. The van der Waals surface area contributed by atoms with Crippen LogP contribution in [-0.4, -0.2) is 31.5 Å². The lowest BCUT2D eigenvalue weighted by Gasteiger charge is -1.82. The van der Waals surface area contributed by atoms with Crippen LogP contribution in [0.25, 0.3) is 11.4 Å². The van der Waals surface area contributed by atoms with Crippen LogP contribution in [0.15, 0.2) is 18.3 Å². The van der Waals surface area contributed by atoms with Crippen molar-refractivity contribution in [3.05, 3.63) is 24.0 Å². The lowest BCUT2D eigenvalue weighted by atomic mass is 10.3. The number of hydrogen-bond donors (Lipinski definition) is 3. The fraction of sp³-hybridized carbons (Fsp3) is 0. The second-order valence-electron chi connectivity index (χ2n) is 2.43. The van der Waals surface area contributed by atoms with Gasteiger partial charge in [0.1, 0.15) is 17.1 Å². The van der Waals surface area contributed by atoms with Crippen LogP contribution in [0.2, 0.25) is 0 Å². The van der Waals surface area contributed by atoms with E-state index in [1.165, 1.54) is 6.07 Å². The predicted octanol–water partition coefficient (Wildman–Crippen LogP) is 0.498. The molecule has 66 valence electrons. The summed E-state index contributed by atoms with van der Waals surface area (Å²) in [6, 6.07) is 3.14. The maximum absolute atomic E-state index is 10.5. The average Bonchev–Trinajstić information content (AvgIpc) is 2.75. The van der Waals surface area contributed by atoms with Crippen molar-refractivity contribution in [2.45, 2.75) is 0 Å². The van der Waals surface area contributed by atoms with Crippen molar-refractivity contribution >= 4 is 5.97 Å². The Morgan fingerprint density at radius 2 is 2.23 bits per heavy atom. The minimum absolute atomic E-state index is 0.0537. The zero-order valence-electron chi connectivity index (χ0n) is 6.48. The van der Waals surface area contributed by atoms with E-state index in [9.17, 15) is 4.79 Å². The van der Waals surface area contributed by atoms with Crippen molar-refractivity contribution in [1.82, 2.24) is 20.4 Å². The van der Waals surface area contributed by atoms with Gasteiger partial charge in [-0.2, -0.15) is 10.2 Å². The van der Waals surface area contributed by atoms with Gasteiger partial charge in [0.25, 0.3) is 0 Å². The fourth-order valence-corrected chi connectivity index (χ4v) is 0.965. The van der Waals surface area contributed by atoms with Crippen molar-refractivity contribution < 1.29 is 9.90 Å². The monoisotopic (exact) mass is 178 g/mol. The first kappa shape index (κ1) is 7.53. The molecule has 6 heteroatoms. The molecule has 0 atom stereocenters. The molecular formula is C7H6N4O2. The molecule has 0 aromatic carbocycles. The quantitative estimate of drug-likeness (QED) is 0.623. The van der Waals surface area contributed by atoms with Crippen molar-refractivity contribution in [3.63, 3.8) is 0 Å². The van der Waals surface area contributed by atoms with Gasteiger partial charge in [-0.05, 0) is 6.07 Å². The summed E-state index contributed by atoms with van der Waals surface area (Å²) in [7, 11) is 0. The Kier molecular flexibility index (Phi) is 1.59. The first-order valence-corrected chi connectivity index (χ1v) is 3.56. The minimum Gasteiger partial charge on any atom is -0.477 e. The number of rotatable bonds is 2. The summed E-state index contributed by atoms with van der Waals surface area (Å²) in [5, 5.41) is 21.3. The highest BCUT2D eigenvalue weighted by molar-refractivity contribution is 5.86. The largest absolute Gasteiger partial charge is 0.477 e. The van der Waals surface area contributed by atoms with Crippen LogP contribution in [0, 0.1) is 0 Å². The molecule has 2 heterocycles. The van der Waals surface area contributed by atoms with Crippen LogP contribution >= 0.6 is 0 Å². The standard InChI is InChI=1S/C7H6N4O2/c12-7(13)6-3-5(10-11-6)4-1-2-8-9-4/h1-3H,(H,8,9)(H,10,11)(H,12,13). The number of aromatic nitrogens is 4. The molecule has 2 rings (SSSR count). The first-order valence-electron chi connectivity index (χ1n) is 3.56. The van der Waals surface area contributed by atoms with Gasteiger partial charge in [-0.15, -0.1) is 0 Å². The van der Waals surface area contributed by atoms with Crippen LogP contribution < -0.4 is 0 Å². The zero-order chi connectivity index (χ0) is 9.26. The van der Waals surface area contributed by atoms with Gasteiger partial charge in [-0.1, -0.05) is 0 Å². The second kappa shape index (κ2) is 2.74.